The predicted molar refractivity (Wildman–Crippen MR) is 107 cm³/mol. The molecule has 154 valence electrons. The molecule has 2 aliphatic rings. The number of hydrogen-bond donors (Lipinski definition) is 1. The van der Waals surface area contributed by atoms with Gasteiger partial charge in [-0.2, -0.15) is 0 Å². The molecule has 0 unspecified atom stereocenters. The Morgan fingerprint density at radius 1 is 1.17 bits per heavy atom. The largest absolute Gasteiger partial charge is 0.464 e. The summed E-state index contributed by atoms with van der Waals surface area (Å²) < 4.78 is 7.06. The minimum Gasteiger partial charge on any atom is -0.464 e. The third-order valence-corrected chi connectivity index (χ3v) is 5.91. The molecule has 2 fully saturated rings. The lowest BCUT2D eigenvalue weighted by atomic mass is 10.2. The standard InChI is InChI=1S/C21H21N5O4/c1-13(27)26-11-16-8-17(26)10-24(16)9-15-7-20(23-12-22-15)30-18-2-3-19-14(6-18)4-5-25(19)21(28)29/h2-7,12,16-17H,8-11H2,1H3,(H,28,29)/t16-,17+/m1/s1. The number of benzene rings is 1. The molecule has 2 bridgehead atoms. The first-order valence-electron chi connectivity index (χ1n) is 9.82. The third kappa shape index (κ3) is 3.26. The first-order valence-corrected chi connectivity index (χ1v) is 9.82. The number of ether oxygens (including phenoxy) is 1. The van der Waals surface area contributed by atoms with Crippen molar-refractivity contribution in [2.75, 3.05) is 13.1 Å². The zero-order valence-electron chi connectivity index (χ0n) is 16.4. The highest BCUT2D eigenvalue weighted by molar-refractivity contribution is 5.89. The normalized spacial score (nSPS) is 20.8. The van der Waals surface area contributed by atoms with Crippen LogP contribution >= 0.6 is 0 Å². The average Bonchev–Trinajstić information content (AvgIpc) is 3.41. The number of piperazine rings is 1. The van der Waals surface area contributed by atoms with Crippen LogP contribution in [0, 0.1) is 0 Å². The number of hydrogen-bond acceptors (Lipinski definition) is 6. The van der Waals surface area contributed by atoms with E-state index in [9.17, 15) is 14.7 Å². The maximum atomic E-state index is 11.7. The monoisotopic (exact) mass is 407 g/mol. The Labute approximate surface area is 172 Å². The molecule has 9 heteroatoms. The van der Waals surface area contributed by atoms with Gasteiger partial charge in [0.05, 0.1) is 11.2 Å². The van der Waals surface area contributed by atoms with Crippen LogP contribution in [0.25, 0.3) is 10.9 Å². The molecule has 2 aliphatic heterocycles. The van der Waals surface area contributed by atoms with Crippen molar-refractivity contribution in [2.45, 2.75) is 32.0 Å². The molecule has 0 saturated carbocycles. The number of amides is 1. The highest BCUT2D eigenvalue weighted by atomic mass is 16.5. The second-order valence-corrected chi connectivity index (χ2v) is 7.78. The van der Waals surface area contributed by atoms with E-state index >= 15 is 0 Å². The molecule has 0 spiro atoms. The molecule has 1 amide bonds. The fraction of sp³-hybridized carbons (Fsp3) is 0.333. The SMILES string of the molecule is CC(=O)N1C[C@H]2C[C@H]1CN2Cc1cc(Oc2ccc3c(ccn3C(=O)O)c2)ncn1. The molecular formula is C21H21N5O4. The van der Waals surface area contributed by atoms with Gasteiger partial charge in [0, 0.05) is 56.3 Å². The average molecular weight is 407 g/mol. The molecule has 2 atom stereocenters. The zero-order valence-corrected chi connectivity index (χ0v) is 16.4. The van der Waals surface area contributed by atoms with Crippen LogP contribution in [-0.4, -0.2) is 66.6 Å². The maximum Gasteiger partial charge on any atom is 0.415 e. The van der Waals surface area contributed by atoms with Gasteiger partial charge in [-0.3, -0.25) is 14.3 Å². The lowest BCUT2D eigenvalue weighted by Crippen LogP contribution is -2.47. The molecule has 1 N–H and O–H groups in total. The molecule has 2 aromatic heterocycles. The highest BCUT2D eigenvalue weighted by Gasteiger charge is 2.44. The van der Waals surface area contributed by atoms with Crippen LogP contribution in [0.3, 0.4) is 0 Å². The van der Waals surface area contributed by atoms with E-state index in [2.05, 4.69) is 14.9 Å². The van der Waals surface area contributed by atoms with Gasteiger partial charge >= 0.3 is 6.09 Å². The van der Waals surface area contributed by atoms with Gasteiger partial charge in [0.25, 0.3) is 0 Å². The quantitative estimate of drug-likeness (QED) is 0.709. The molecular weight excluding hydrogens is 386 g/mol. The summed E-state index contributed by atoms with van der Waals surface area (Å²) in [6.45, 7) is 3.96. The molecule has 5 rings (SSSR count). The minimum atomic E-state index is -1.03. The molecule has 4 heterocycles. The van der Waals surface area contributed by atoms with Gasteiger partial charge in [-0.15, -0.1) is 0 Å². The number of carbonyl (C=O) groups is 2. The fourth-order valence-electron chi connectivity index (χ4n) is 4.53. The Balaban J connectivity index is 1.28. The third-order valence-electron chi connectivity index (χ3n) is 5.91. The van der Waals surface area contributed by atoms with Crippen LogP contribution in [0.2, 0.25) is 0 Å². The molecule has 0 radical (unpaired) electrons. The van der Waals surface area contributed by atoms with Gasteiger partial charge in [0.1, 0.15) is 12.1 Å². The van der Waals surface area contributed by atoms with Gasteiger partial charge in [-0.25, -0.2) is 14.8 Å². The van der Waals surface area contributed by atoms with Crippen molar-refractivity contribution in [1.29, 1.82) is 0 Å². The minimum absolute atomic E-state index is 0.149. The lowest BCUT2D eigenvalue weighted by Gasteiger charge is -2.33. The summed E-state index contributed by atoms with van der Waals surface area (Å²) >= 11 is 0. The summed E-state index contributed by atoms with van der Waals surface area (Å²) in [6.07, 6.45) is 2.99. The second-order valence-electron chi connectivity index (χ2n) is 7.78. The Bertz CT molecular complexity index is 1140. The van der Waals surface area contributed by atoms with Gasteiger partial charge < -0.3 is 14.7 Å². The maximum absolute atomic E-state index is 11.7. The number of rotatable bonds is 4. The number of likely N-dealkylation sites (tertiary alicyclic amines) is 2. The predicted octanol–water partition coefficient (Wildman–Crippen LogP) is 2.55. The first kappa shape index (κ1) is 18.6. The Morgan fingerprint density at radius 2 is 2.03 bits per heavy atom. The lowest BCUT2D eigenvalue weighted by molar-refractivity contribution is -0.131. The van der Waals surface area contributed by atoms with E-state index in [4.69, 9.17) is 4.74 Å². The van der Waals surface area contributed by atoms with E-state index in [1.165, 1.54) is 17.1 Å². The smallest absolute Gasteiger partial charge is 0.415 e. The summed E-state index contributed by atoms with van der Waals surface area (Å²) in [6, 6.07) is 9.44. The van der Waals surface area contributed by atoms with Crippen molar-refractivity contribution in [3.05, 3.63) is 48.5 Å². The van der Waals surface area contributed by atoms with Gasteiger partial charge in [-0.1, -0.05) is 0 Å². The molecule has 3 aromatic rings. The van der Waals surface area contributed by atoms with E-state index in [1.807, 2.05) is 11.0 Å². The number of nitrogens with zero attached hydrogens (tertiary/aromatic N) is 5. The summed E-state index contributed by atoms with van der Waals surface area (Å²) in [4.78, 5) is 35.8. The van der Waals surface area contributed by atoms with E-state index in [1.54, 1.807) is 31.2 Å². The summed E-state index contributed by atoms with van der Waals surface area (Å²) in [5.41, 5.74) is 1.46. The summed E-state index contributed by atoms with van der Waals surface area (Å²) in [5, 5.41) is 9.97. The van der Waals surface area contributed by atoms with Crippen LogP contribution < -0.4 is 4.74 Å². The Hall–Kier alpha value is -3.46. The zero-order chi connectivity index (χ0) is 20.8. The van der Waals surface area contributed by atoms with Crippen molar-refractivity contribution in [2.24, 2.45) is 0 Å². The van der Waals surface area contributed by atoms with Crippen LogP contribution in [0.4, 0.5) is 4.79 Å². The van der Waals surface area contributed by atoms with Gasteiger partial charge in [-0.05, 0) is 30.7 Å². The number of carbonyl (C=O) groups excluding carboxylic acids is 1. The van der Waals surface area contributed by atoms with Crippen LogP contribution in [-0.2, 0) is 11.3 Å². The van der Waals surface area contributed by atoms with Crippen molar-refractivity contribution >= 4 is 22.9 Å². The van der Waals surface area contributed by atoms with Crippen molar-refractivity contribution in [3.63, 3.8) is 0 Å². The molecule has 30 heavy (non-hydrogen) atoms. The Morgan fingerprint density at radius 3 is 2.77 bits per heavy atom. The van der Waals surface area contributed by atoms with E-state index in [-0.39, 0.29) is 5.91 Å². The number of carboxylic acid groups (broad SMARTS) is 1. The van der Waals surface area contributed by atoms with Gasteiger partial charge in [0.2, 0.25) is 11.8 Å². The second kappa shape index (κ2) is 7.10. The molecule has 2 saturated heterocycles. The number of aromatic nitrogens is 3. The van der Waals surface area contributed by atoms with Crippen LogP contribution in [0.15, 0.2) is 42.9 Å². The number of fused-ring (bicyclic) bond motifs is 3. The summed E-state index contributed by atoms with van der Waals surface area (Å²) in [5.74, 6) is 1.16. The fourth-order valence-corrected chi connectivity index (χ4v) is 4.53. The first-order chi connectivity index (χ1) is 14.5. The van der Waals surface area contributed by atoms with Crippen molar-refractivity contribution in [1.82, 2.24) is 24.3 Å². The van der Waals surface area contributed by atoms with Crippen LogP contribution in [0.5, 0.6) is 11.6 Å². The van der Waals surface area contributed by atoms with Crippen molar-refractivity contribution < 1.29 is 19.4 Å². The molecule has 9 nitrogen and oxygen atoms in total. The van der Waals surface area contributed by atoms with Gasteiger partial charge in [0.15, 0.2) is 0 Å². The molecule has 1 aromatic carbocycles. The molecule has 0 aliphatic carbocycles. The Kier molecular flexibility index (Phi) is 4.39. The highest BCUT2D eigenvalue weighted by Crippen LogP contribution is 2.32. The van der Waals surface area contributed by atoms with E-state index < -0.39 is 6.09 Å². The topological polar surface area (TPSA) is 101 Å². The van der Waals surface area contributed by atoms with E-state index in [0.717, 1.165) is 30.6 Å². The van der Waals surface area contributed by atoms with E-state index in [0.29, 0.717) is 35.8 Å². The van der Waals surface area contributed by atoms with Crippen LogP contribution in [0.1, 0.15) is 19.0 Å². The summed E-state index contributed by atoms with van der Waals surface area (Å²) in [7, 11) is 0. The van der Waals surface area contributed by atoms with Crippen molar-refractivity contribution in [3.8, 4) is 11.6 Å².